The fraction of sp³-hybridized carbons (Fsp3) is 0.923. The molecule has 0 rings (SSSR count). The van der Waals surface area contributed by atoms with Gasteiger partial charge in [0.1, 0.15) is 0 Å². The van der Waals surface area contributed by atoms with Crippen molar-refractivity contribution >= 4 is 17.6 Å². The van der Waals surface area contributed by atoms with Crippen molar-refractivity contribution in [1.29, 1.82) is 0 Å². The highest BCUT2D eigenvalue weighted by Gasteiger charge is 2.45. The first-order valence-electron chi connectivity index (χ1n) is 13.9. The van der Waals surface area contributed by atoms with E-state index in [1.807, 2.05) is 0 Å². The molecule has 0 fully saturated rings. The Morgan fingerprint density at radius 2 is 0.529 bits per heavy atom. The summed E-state index contributed by atoms with van der Waals surface area (Å²) in [6.07, 6.45) is 11.9. The second-order valence-electron chi connectivity index (χ2n) is 8.57. The molecule has 0 aliphatic carbocycles. The van der Waals surface area contributed by atoms with Crippen LogP contribution in [-0.2, 0) is 26.6 Å². The molecular weight excluding hydrogens is 464 g/mol. The predicted molar refractivity (Wildman–Crippen MR) is 144 cm³/mol. The van der Waals surface area contributed by atoms with Crippen LogP contribution in [-0.4, -0.2) is 57.3 Å². The van der Waals surface area contributed by atoms with Crippen LogP contribution in [0.15, 0.2) is 0 Å². The summed E-state index contributed by atoms with van der Waals surface area (Å²) in [5.74, 6) is 0. The summed E-state index contributed by atoms with van der Waals surface area (Å²) < 4.78 is 37.9. The van der Waals surface area contributed by atoms with Gasteiger partial charge in [0.25, 0.3) is 0 Å². The Morgan fingerprint density at radius 1 is 0.353 bits per heavy atom. The quantitative estimate of drug-likeness (QED) is 0.0791. The van der Waals surface area contributed by atoms with Crippen molar-refractivity contribution < 1.29 is 26.6 Å². The zero-order valence-corrected chi connectivity index (χ0v) is 25.2. The molecule has 0 heterocycles. The molecule has 0 atom stereocenters. The molecule has 0 unspecified atom stereocenters. The van der Waals surface area contributed by atoms with Gasteiger partial charge in [-0.3, -0.25) is 0 Å². The summed E-state index contributed by atoms with van der Waals surface area (Å²) in [6.45, 7) is 16.4. The molecule has 202 valence electrons. The first-order valence-corrected chi connectivity index (χ1v) is 17.4. The molecule has 0 spiro atoms. The van der Waals surface area contributed by atoms with Crippen LogP contribution in [0, 0.1) is 11.1 Å². The number of rotatable bonds is 24. The van der Waals surface area contributed by atoms with Gasteiger partial charge in [-0.05, 0) is 49.6 Å². The van der Waals surface area contributed by atoms with E-state index in [2.05, 4.69) is 52.6 Å². The molecule has 0 aromatic carbocycles. The SMILES string of the molecule is CCCCO[Si](C#C[Si](OCCCC)(OCCCC)OCCCC)(OCCCC)OCCCC. The molecule has 0 aromatic heterocycles. The van der Waals surface area contributed by atoms with Crippen LogP contribution < -0.4 is 0 Å². The van der Waals surface area contributed by atoms with Gasteiger partial charge in [0.15, 0.2) is 0 Å². The number of hydrogen-bond acceptors (Lipinski definition) is 6. The molecule has 0 radical (unpaired) electrons. The molecule has 6 nitrogen and oxygen atoms in total. The molecule has 34 heavy (non-hydrogen) atoms. The van der Waals surface area contributed by atoms with Crippen LogP contribution in [0.5, 0.6) is 0 Å². The summed E-state index contributed by atoms with van der Waals surface area (Å²) in [4.78, 5) is 0. The molecule has 0 bridgehead atoms. The first-order chi connectivity index (χ1) is 16.6. The zero-order chi connectivity index (χ0) is 25.4. The molecular formula is C26H54O6Si2. The molecule has 0 N–H and O–H groups in total. The Morgan fingerprint density at radius 3 is 0.676 bits per heavy atom. The summed E-state index contributed by atoms with van der Waals surface area (Å²) in [6, 6.07) is 0. The summed E-state index contributed by atoms with van der Waals surface area (Å²) >= 11 is 0. The lowest BCUT2D eigenvalue weighted by Gasteiger charge is -2.27. The van der Waals surface area contributed by atoms with Gasteiger partial charge in [0.05, 0.1) is 0 Å². The maximum atomic E-state index is 6.31. The smallest absolute Gasteiger partial charge is 0.364 e. The number of unbranched alkanes of at least 4 members (excludes halogenated alkanes) is 6. The fourth-order valence-corrected chi connectivity index (χ4v) is 7.36. The van der Waals surface area contributed by atoms with E-state index in [0.29, 0.717) is 39.6 Å². The Hall–Kier alpha value is -0.246. The normalized spacial score (nSPS) is 12.1. The monoisotopic (exact) mass is 518 g/mol. The Kier molecular flexibility index (Phi) is 23.0. The van der Waals surface area contributed by atoms with Gasteiger partial charge in [-0.15, -0.1) is 0 Å². The van der Waals surface area contributed by atoms with E-state index in [4.69, 9.17) is 26.6 Å². The molecule has 8 heteroatoms. The van der Waals surface area contributed by atoms with Crippen LogP contribution in [0.25, 0.3) is 0 Å². The minimum absolute atomic E-state index is 0.578. The highest BCUT2D eigenvalue weighted by Crippen LogP contribution is 2.17. The van der Waals surface area contributed by atoms with Gasteiger partial charge in [-0.2, -0.15) is 0 Å². The van der Waals surface area contributed by atoms with Crippen molar-refractivity contribution in [3.05, 3.63) is 0 Å². The predicted octanol–water partition coefficient (Wildman–Crippen LogP) is 6.85. The standard InChI is InChI=1S/C26H54O6Si2/c1-7-13-19-27-33(28-20-14-8-2,29-21-15-9-3)25-26-34(30-22-16-10-4,31-23-17-11-5)32-24-18-12-6/h7-24H2,1-6H3. The summed E-state index contributed by atoms with van der Waals surface area (Å²) in [5.41, 5.74) is 6.68. The van der Waals surface area contributed by atoms with Crippen LogP contribution in [0.1, 0.15) is 119 Å². The van der Waals surface area contributed by atoms with Crippen LogP contribution >= 0.6 is 0 Å². The minimum Gasteiger partial charge on any atom is -0.364 e. The summed E-state index contributed by atoms with van der Waals surface area (Å²) in [5, 5.41) is 0. The third-order valence-electron chi connectivity index (χ3n) is 5.11. The lowest BCUT2D eigenvalue weighted by atomic mass is 10.4. The van der Waals surface area contributed by atoms with Gasteiger partial charge in [0.2, 0.25) is 0 Å². The second-order valence-corrected chi connectivity index (χ2v) is 13.0. The first kappa shape index (κ1) is 33.8. The van der Waals surface area contributed by atoms with Crippen LogP contribution in [0.4, 0.5) is 0 Å². The molecule has 0 aromatic rings. The Balaban J connectivity index is 6.06. The highest BCUT2D eigenvalue weighted by atomic mass is 28.4. The largest absolute Gasteiger partial charge is 0.591 e. The maximum Gasteiger partial charge on any atom is 0.591 e. The Bertz CT molecular complexity index is 414. The van der Waals surface area contributed by atoms with Crippen molar-refractivity contribution in [3.8, 4) is 11.1 Å². The van der Waals surface area contributed by atoms with E-state index in [0.717, 1.165) is 77.0 Å². The van der Waals surface area contributed by atoms with E-state index in [9.17, 15) is 0 Å². The topological polar surface area (TPSA) is 55.4 Å². The molecule has 0 saturated carbocycles. The fourth-order valence-electron chi connectivity index (χ4n) is 2.72. The van der Waals surface area contributed by atoms with Gasteiger partial charge < -0.3 is 26.6 Å². The van der Waals surface area contributed by atoms with Crippen molar-refractivity contribution in [1.82, 2.24) is 0 Å². The van der Waals surface area contributed by atoms with Crippen molar-refractivity contribution in [3.63, 3.8) is 0 Å². The molecule has 0 saturated heterocycles. The summed E-state index contributed by atoms with van der Waals surface area (Å²) in [7, 11) is -6.45. The van der Waals surface area contributed by atoms with E-state index < -0.39 is 17.6 Å². The van der Waals surface area contributed by atoms with Gasteiger partial charge in [-0.1, -0.05) is 80.1 Å². The second kappa shape index (κ2) is 23.2. The van der Waals surface area contributed by atoms with Crippen molar-refractivity contribution in [2.45, 2.75) is 119 Å². The molecule has 0 aliphatic rings. The van der Waals surface area contributed by atoms with Crippen LogP contribution in [0.3, 0.4) is 0 Å². The van der Waals surface area contributed by atoms with Gasteiger partial charge >= 0.3 is 17.6 Å². The highest BCUT2D eigenvalue weighted by molar-refractivity contribution is 6.75. The number of hydrogen-bond donors (Lipinski definition) is 0. The minimum atomic E-state index is -3.23. The van der Waals surface area contributed by atoms with Crippen molar-refractivity contribution in [2.75, 3.05) is 39.6 Å². The van der Waals surface area contributed by atoms with E-state index in [1.165, 1.54) is 0 Å². The lowest BCUT2D eigenvalue weighted by molar-refractivity contribution is 0.0675. The molecule has 0 aliphatic heterocycles. The third-order valence-corrected chi connectivity index (χ3v) is 9.73. The van der Waals surface area contributed by atoms with E-state index in [-0.39, 0.29) is 0 Å². The van der Waals surface area contributed by atoms with Crippen LogP contribution in [0.2, 0.25) is 0 Å². The molecule has 0 amide bonds. The maximum absolute atomic E-state index is 6.31. The van der Waals surface area contributed by atoms with Gasteiger partial charge in [-0.25, -0.2) is 0 Å². The average molecular weight is 519 g/mol. The lowest BCUT2D eigenvalue weighted by Crippen LogP contribution is -2.49. The van der Waals surface area contributed by atoms with Gasteiger partial charge in [0, 0.05) is 39.6 Å². The average Bonchev–Trinajstić information content (AvgIpc) is 2.83. The Labute approximate surface area is 213 Å². The van der Waals surface area contributed by atoms with Crippen molar-refractivity contribution in [2.24, 2.45) is 0 Å². The van der Waals surface area contributed by atoms with E-state index in [1.54, 1.807) is 0 Å². The van der Waals surface area contributed by atoms with E-state index >= 15 is 0 Å². The zero-order valence-electron chi connectivity index (χ0n) is 23.2. The third kappa shape index (κ3) is 16.4.